The van der Waals surface area contributed by atoms with Crippen molar-refractivity contribution >= 4 is 34.2 Å². The van der Waals surface area contributed by atoms with Gasteiger partial charge in [-0.15, -0.1) is 0 Å². The number of carboxylic acid groups (broad SMARTS) is 1. The number of fused-ring (bicyclic) bond motifs is 1. The summed E-state index contributed by atoms with van der Waals surface area (Å²) < 4.78 is 5.35. The zero-order valence-corrected chi connectivity index (χ0v) is 20.1. The predicted molar refractivity (Wildman–Crippen MR) is 139 cm³/mol. The predicted octanol–water partition coefficient (Wildman–Crippen LogP) is 6.08. The average Bonchev–Trinajstić information content (AvgIpc) is 2.87. The third kappa shape index (κ3) is 6.19. The molecule has 6 heteroatoms. The van der Waals surface area contributed by atoms with Gasteiger partial charge in [-0.25, -0.2) is 0 Å². The number of carbonyl (C=O) groups is 2. The molecule has 4 rings (SSSR count). The Morgan fingerprint density at radius 1 is 0.886 bits per heavy atom. The van der Waals surface area contributed by atoms with E-state index < -0.39 is 5.97 Å². The Kier molecular flexibility index (Phi) is 7.68. The third-order valence-corrected chi connectivity index (χ3v) is 6.28. The van der Waals surface area contributed by atoms with Crippen molar-refractivity contribution < 1.29 is 19.4 Å². The smallest absolute Gasteiger partial charge is 0.305 e. The first kappa shape index (κ1) is 24.3. The highest BCUT2D eigenvalue weighted by Gasteiger charge is 2.17. The number of ether oxygens (including phenoxy) is 1. The molecule has 0 radical (unpaired) electrons. The minimum Gasteiger partial charge on any atom is -0.497 e. The molecule has 35 heavy (non-hydrogen) atoms. The molecular formula is C29H26ClNO4. The van der Waals surface area contributed by atoms with Crippen molar-refractivity contribution in [1.29, 1.82) is 0 Å². The average molecular weight is 488 g/mol. The molecule has 1 unspecified atom stereocenters. The summed E-state index contributed by atoms with van der Waals surface area (Å²) in [7, 11) is 1.66. The largest absolute Gasteiger partial charge is 0.497 e. The van der Waals surface area contributed by atoms with Gasteiger partial charge in [0.15, 0.2) is 0 Å². The monoisotopic (exact) mass is 487 g/mol. The SMILES string of the molecule is COc1ccc2cc(C(Cc3ccc(Cl)cc3)c3ccc(C(=O)NCCC(=O)O)cc3)ccc2c1. The summed E-state index contributed by atoms with van der Waals surface area (Å²) in [5, 5.41) is 14.3. The van der Waals surface area contributed by atoms with Crippen molar-refractivity contribution in [3.8, 4) is 5.75 Å². The minimum absolute atomic E-state index is 0.0619. The van der Waals surface area contributed by atoms with E-state index in [9.17, 15) is 9.59 Å². The molecule has 0 aromatic heterocycles. The Morgan fingerprint density at radius 2 is 1.54 bits per heavy atom. The number of halogens is 1. The molecule has 0 spiro atoms. The summed E-state index contributed by atoms with van der Waals surface area (Å²) in [4.78, 5) is 23.1. The van der Waals surface area contributed by atoms with Crippen LogP contribution in [-0.2, 0) is 11.2 Å². The van der Waals surface area contributed by atoms with Gasteiger partial charge in [-0.3, -0.25) is 9.59 Å². The van der Waals surface area contributed by atoms with Crippen LogP contribution in [0.1, 0.15) is 39.4 Å². The Labute approximate surface area is 209 Å². The summed E-state index contributed by atoms with van der Waals surface area (Å²) in [6.45, 7) is 0.0942. The summed E-state index contributed by atoms with van der Waals surface area (Å²) in [5.41, 5.74) is 3.89. The molecule has 0 bridgehead atoms. The van der Waals surface area contributed by atoms with E-state index in [0.717, 1.165) is 39.6 Å². The number of benzene rings is 4. The van der Waals surface area contributed by atoms with Crippen LogP contribution in [0, 0.1) is 0 Å². The topological polar surface area (TPSA) is 75.6 Å². The van der Waals surface area contributed by atoms with Crippen molar-refractivity contribution in [2.75, 3.05) is 13.7 Å². The molecule has 0 fully saturated rings. The van der Waals surface area contributed by atoms with E-state index in [1.54, 1.807) is 19.2 Å². The highest BCUT2D eigenvalue weighted by molar-refractivity contribution is 6.30. The van der Waals surface area contributed by atoms with Crippen molar-refractivity contribution in [1.82, 2.24) is 5.32 Å². The fraction of sp³-hybridized carbons (Fsp3) is 0.172. The number of methoxy groups -OCH3 is 1. The number of hydrogen-bond donors (Lipinski definition) is 2. The Hall–Kier alpha value is -3.83. The molecule has 178 valence electrons. The first-order chi connectivity index (χ1) is 16.9. The quantitative estimate of drug-likeness (QED) is 0.300. The number of amides is 1. The third-order valence-electron chi connectivity index (χ3n) is 6.03. The van der Waals surface area contributed by atoms with Gasteiger partial charge in [-0.1, -0.05) is 60.1 Å². The molecule has 0 aliphatic rings. The number of rotatable bonds is 9. The van der Waals surface area contributed by atoms with Gasteiger partial charge in [-0.2, -0.15) is 0 Å². The van der Waals surface area contributed by atoms with Crippen LogP contribution in [0.15, 0.2) is 84.9 Å². The van der Waals surface area contributed by atoms with Gasteiger partial charge in [-0.05, 0) is 70.3 Å². The molecular weight excluding hydrogens is 462 g/mol. The van der Waals surface area contributed by atoms with E-state index in [4.69, 9.17) is 21.4 Å². The fourth-order valence-corrected chi connectivity index (χ4v) is 4.25. The maximum atomic E-state index is 12.4. The molecule has 0 aliphatic heterocycles. The molecule has 5 nitrogen and oxygen atoms in total. The van der Waals surface area contributed by atoms with Crippen LogP contribution in [0.4, 0.5) is 0 Å². The van der Waals surface area contributed by atoms with Gasteiger partial charge in [0.1, 0.15) is 5.75 Å². The molecule has 4 aromatic carbocycles. The van der Waals surface area contributed by atoms with Crippen LogP contribution in [0.2, 0.25) is 5.02 Å². The van der Waals surface area contributed by atoms with Crippen molar-refractivity contribution in [3.05, 3.63) is 112 Å². The van der Waals surface area contributed by atoms with E-state index >= 15 is 0 Å². The van der Waals surface area contributed by atoms with E-state index in [1.165, 1.54) is 0 Å². The highest BCUT2D eigenvalue weighted by Crippen LogP contribution is 2.32. The molecule has 0 heterocycles. The molecule has 4 aromatic rings. The minimum atomic E-state index is -0.945. The molecule has 1 amide bonds. The molecule has 2 N–H and O–H groups in total. The number of aliphatic carboxylic acids is 1. The lowest BCUT2D eigenvalue weighted by Gasteiger charge is -2.20. The lowest BCUT2D eigenvalue weighted by molar-refractivity contribution is -0.136. The Balaban J connectivity index is 1.64. The van der Waals surface area contributed by atoms with Crippen LogP contribution in [0.5, 0.6) is 5.75 Å². The van der Waals surface area contributed by atoms with Gasteiger partial charge >= 0.3 is 5.97 Å². The number of carboxylic acids is 1. The summed E-state index contributed by atoms with van der Waals surface area (Å²) in [6.07, 6.45) is 0.657. The second-order valence-electron chi connectivity index (χ2n) is 8.38. The normalized spacial score (nSPS) is 11.7. The van der Waals surface area contributed by atoms with Gasteiger partial charge in [0, 0.05) is 23.0 Å². The van der Waals surface area contributed by atoms with Gasteiger partial charge < -0.3 is 15.2 Å². The van der Waals surface area contributed by atoms with E-state index in [2.05, 4.69) is 29.6 Å². The van der Waals surface area contributed by atoms with Crippen molar-refractivity contribution in [2.45, 2.75) is 18.8 Å². The standard InChI is InChI=1S/C29H26ClNO4/c1-35-26-13-10-22-17-24(9-8-23(22)18-26)27(16-19-2-11-25(30)12-3-19)20-4-6-21(7-5-20)29(34)31-15-14-28(32)33/h2-13,17-18,27H,14-16H2,1H3,(H,31,34)(H,32,33). The zero-order valence-electron chi connectivity index (χ0n) is 19.3. The van der Waals surface area contributed by atoms with Crippen molar-refractivity contribution in [2.24, 2.45) is 0 Å². The van der Waals surface area contributed by atoms with Crippen LogP contribution in [-0.4, -0.2) is 30.6 Å². The fourth-order valence-electron chi connectivity index (χ4n) is 4.12. The van der Waals surface area contributed by atoms with Crippen LogP contribution in [0.3, 0.4) is 0 Å². The molecule has 0 aliphatic carbocycles. The Morgan fingerprint density at radius 3 is 2.23 bits per heavy atom. The summed E-state index contributed by atoms with van der Waals surface area (Å²) in [6, 6.07) is 27.8. The number of nitrogens with one attached hydrogen (secondary N) is 1. The van der Waals surface area contributed by atoms with E-state index in [-0.39, 0.29) is 24.8 Å². The Bertz CT molecular complexity index is 1330. The van der Waals surface area contributed by atoms with Crippen LogP contribution < -0.4 is 10.1 Å². The maximum absolute atomic E-state index is 12.4. The summed E-state index contributed by atoms with van der Waals surface area (Å²) in [5.74, 6) is -0.349. The van der Waals surface area contributed by atoms with E-state index in [1.807, 2.05) is 48.5 Å². The van der Waals surface area contributed by atoms with Gasteiger partial charge in [0.2, 0.25) is 0 Å². The lowest BCUT2D eigenvalue weighted by Crippen LogP contribution is -2.25. The highest BCUT2D eigenvalue weighted by atomic mass is 35.5. The van der Waals surface area contributed by atoms with Gasteiger partial charge in [0.05, 0.1) is 13.5 Å². The number of carbonyl (C=O) groups excluding carboxylic acids is 1. The van der Waals surface area contributed by atoms with Crippen molar-refractivity contribution in [3.63, 3.8) is 0 Å². The first-order valence-corrected chi connectivity index (χ1v) is 11.7. The van der Waals surface area contributed by atoms with E-state index in [0.29, 0.717) is 10.6 Å². The molecule has 1 atom stereocenters. The maximum Gasteiger partial charge on any atom is 0.305 e. The number of hydrogen-bond acceptors (Lipinski definition) is 3. The second-order valence-corrected chi connectivity index (χ2v) is 8.81. The first-order valence-electron chi connectivity index (χ1n) is 11.3. The van der Waals surface area contributed by atoms with Gasteiger partial charge in [0.25, 0.3) is 5.91 Å². The zero-order chi connectivity index (χ0) is 24.8. The lowest BCUT2D eigenvalue weighted by atomic mass is 9.84. The molecule has 0 saturated heterocycles. The van der Waals surface area contributed by atoms with Crippen LogP contribution >= 0.6 is 11.6 Å². The molecule has 0 saturated carbocycles. The summed E-state index contributed by atoms with van der Waals surface area (Å²) >= 11 is 6.09. The second kappa shape index (κ2) is 11.1. The van der Waals surface area contributed by atoms with Crippen LogP contribution in [0.25, 0.3) is 10.8 Å².